The Kier molecular flexibility index (Phi) is 5.59. The van der Waals surface area contributed by atoms with Crippen molar-refractivity contribution in [2.24, 2.45) is 0 Å². The van der Waals surface area contributed by atoms with Gasteiger partial charge in [-0.1, -0.05) is 28.1 Å². The molecule has 0 aliphatic carbocycles. The summed E-state index contributed by atoms with van der Waals surface area (Å²) in [5.41, 5.74) is 1.29. The SMILES string of the molecule is O=C1CN(C(=O)CCCCc2ccc(Br)cc2)CCN1. The molecule has 1 fully saturated rings. The first-order valence-corrected chi connectivity index (χ1v) is 7.73. The molecular weight excluding hydrogens is 320 g/mol. The van der Waals surface area contributed by atoms with Gasteiger partial charge >= 0.3 is 0 Å². The highest BCUT2D eigenvalue weighted by Gasteiger charge is 2.20. The van der Waals surface area contributed by atoms with Crippen LogP contribution < -0.4 is 5.32 Å². The molecule has 1 aliphatic rings. The molecule has 1 aliphatic heterocycles. The Morgan fingerprint density at radius 1 is 1.25 bits per heavy atom. The van der Waals surface area contributed by atoms with Crippen LogP contribution in [0.5, 0.6) is 0 Å². The number of hydrogen-bond acceptors (Lipinski definition) is 2. The number of nitrogens with zero attached hydrogens (tertiary/aromatic N) is 1. The van der Waals surface area contributed by atoms with Gasteiger partial charge in [0.25, 0.3) is 0 Å². The van der Waals surface area contributed by atoms with E-state index >= 15 is 0 Å². The van der Waals surface area contributed by atoms with Gasteiger partial charge in [0, 0.05) is 24.0 Å². The van der Waals surface area contributed by atoms with E-state index in [2.05, 4.69) is 33.4 Å². The summed E-state index contributed by atoms with van der Waals surface area (Å²) >= 11 is 3.41. The summed E-state index contributed by atoms with van der Waals surface area (Å²) in [7, 11) is 0. The Hall–Kier alpha value is -1.36. The van der Waals surface area contributed by atoms with Crippen molar-refractivity contribution in [2.75, 3.05) is 19.6 Å². The molecule has 0 radical (unpaired) electrons. The summed E-state index contributed by atoms with van der Waals surface area (Å²) < 4.78 is 1.08. The molecule has 0 spiro atoms. The minimum Gasteiger partial charge on any atom is -0.353 e. The summed E-state index contributed by atoms with van der Waals surface area (Å²) in [6.07, 6.45) is 3.38. The Morgan fingerprint density at radius 3 is 2.70 bits per heavy atom. The Balaban J connectivity index is 1.66. The van der Waals surface area contributed by atoms with Crippen LogP contribution in [0.4, 0.5) is 0 Å². The van der Waals surface area contributed by atoms with Gasteiger partial charge in [-0.05, 0) is 37.0 Å². The first-order chi connectivity index (χ1) is 9.65. The van der Waals surface area contributed by atoms with Crippen molar-refractivity contribution in [1.29, 1.82) is 0 Å². The minimum absolute atomic E-state index is 0.0561. The molecule has 2 amide bonds. The number of piperazine rings is 1. The summed E-state index contributed by atoms with van der Waals surface area (Å²) in [5.74, 6) is 0.0371. The van der Waals surface area contributed by atoms with Crippen LogP contribution in [0.3, 0.4) is 0 Å². The summed E-state index contributed by atoms with van der Waals surface area (Å²) in [6, 6.07) is 8.27. The molecule has 1 saturated heterocycles. The predicted octanol–water partition coefficient (Wildman–Crippen LogP) is 2.12. The Bertz CT molecular complexity index is 473. The van der Waals surface area contributed by atoms with E-state index < -0.39 is 0 Å². The summed E-state index contributed by atoms with van der Waals surface area (Å²) in [5, 5.41) is 2.72. The second kappa shape index (κ2) is 7.43. The van der Waals surface area contributed by atoms with E-state index in [9.17, 15) is 9.59 Å². The quantitative estimate of drug-likeness (QED) is 0.836. The van der Waals surface area contributed by atoms with Crippen molar-refractivity contribution in [2.45, 2.75) is 25.7 Å². The highest BCUT2D eigenvalue weighted by molar-refractivity contribution is 9.10. The van der Waals surface area contributed by atoms with Gasteiger partial charge in [-0.25, -0.2) is 0 Å². The van der Waals surface area contributed by atoms with Crippen LogP contribution in [0.2, 0.25) is 0 Å². The van der Waals surface area contributed by atoms with E-state index in [0.29, 0.717) is 19.5 Å². The molecule has 0 unspecified atom stereocenters. The fourth-order valence-corrected chi connectivity index (χ4v) is 2.53. The highest BCUT2D eigenvalue weighted by atomic mass is 79.9. The average Bonchev–Trinajstić information content (AvgIpc) is 2.45. The molecule has 1 heterocycles. The molecule has 1 N–H and O–H groups in total. The molecule has 1 aromatic rings. The first kappa shape index (κ1) is 15.0. The molecule has 0 aromatic heterocycles. The second-order valence-electron chi connectivity index (χ2n) is 5.00. The van der Waals surface area contributed by atoms with Gasteiger partial charge in [0.1, 0.15) is 0 Å². The maximum atomic E-state index is 11.9. The molecule has 20 heavy (non-hydrogen) atoms. The lowest BCUT2D eigenvalue weighted by atomic mass is 10.1. The zero-order valence-corrected chi connectivity index (χ0v) is 13.0. The van der Waals surface area contributed by atoms with Gasteiger partial charge in [-0.3, -0.25) is 9.59 Å². The van der Waals surface area contributed by atoms with Gasteiger partial charge in [-0.15, -0.1) is 0 Å². The van der Waals surface area contributed by atoms with Crippen LogP contribution in [-0.4, -0.2) is 36.3 Å². The third-order valence-corrected chi connectivity index (χ3v) is 3.94. The molecule has 0 bridgehead atoms. The van der Waals surface area contributed by atoms with Gasteiger partial charge in [0.2, 0.25) is 11.8 Å². The monoisotopic (exact) mass is 338 g/mol. The van der Waals surface area contributed by atoms with Crippen LogP contribution in [0, 0.1) is 0 Å². The zero-order valence-electron chi connectivity index (χ0n) is 11.4. The lowest BCUT2D eigenvalue weighted by Gasteiger charge is -2.26. The smallest absolute Gasteiger partial charge is 0.239 e. The van der Waals surface area contributed by atoms with Gasteiger partial charge in [0.15, 0.2) is 0 Å². The number of rotatable bonds is 5. The van der Waals surface area contributed by atoms with Gasteiger partial charge in [-0.2, -0.15) is 0 Å². The lowest BCUT2D eigenvalue weighted by Crippen LogP contribution is -2.49. The van der Waals surface area contributed by atoms with Crippen molar-refractivity contribution in [1.82, 2.24) is 10.2 Å². The van der Waals surface area contributed by atoms with Crippen LogP contribution in [0.25, 0.3) is 0 Å². The summed E-state index contributed by atoms with van der Waals surface area (Å²) in [4.78, 5) is 24.8. The van der Waals surface area contributed by atoms with Crippen LogP contribution in [0.1, 0.15) is 24.8 Å². The molecule has 4 nitrogen and oxygen atoms in total. The van der Waals surface area contributed by atoms with E-state index in [1.165, 1.54) is 5.56 Å². The number of unbranched alkanes of at least 4 members (excludes halogenated alkanes) is 1. The molecule has 1 aromatic carbocycles. The number of hydrogen-bond donors (Lipinski definition) is 1. The van der Waals surface area contributed by atoms with Gasteiger partial charge in [0.05, 0.1) is 6.54 Å². The Labute approximate surface area is 127 Å². The zero-order chi connectivity index (χ0) is 14.4. The Morgan fingerprint density at radius 2 is 2.00 bits per heavy atom. The number of nitrogens with one attached hydrogen (secondary N) is 1. The summed E-state index contributed by atoms with van der Waals surface area (Å²) in [6.45, 7) is 1.42. The largest absolute Gasteiger partial charge is 0.353 e. The normalized spacial score (nSPS) is 15.1. The number of benzene rings is 1. The van der Waals surface area contributed by atoms with E-state index in [0.717, 1.165) is 23.7 Å². The second-order valence-corrected chi connectivity index (χ2v) is 5.91. The number of carbonyl (C=O) groups excluding carboxylic acids is 2. The van der Waals surface area contributed by atoms with Crippen LogP contribution >= 0.6 is 15.9 Å². The molecule has 0 saturated carbocycles. The van der Waals surface area contributed by atoms with Gasteiger partial charge < -0.3 is 10.2 Å². The van der Waals surface area contributed by atoms with Crippen molar-refractivity contribution < 1.29 is 9.59 Å². The number of amides is 2. The van der Waals surface area contributed by atoms with E-state index in [-0.39, 0.29) is 18.4 Å². The van der Waals surface area contributed by atoms with E-state index in [1.807, 2.05) is 12.1 Å². The fraction of sp³-hybridized carbons (Fsp3) is 0.467. The predicted molar refractivity (Wildman–Crippen MR) is 81.3 cm³/mol. The molecular formula is C15H19BrN2O2. The highest BCUT2D eigenvalue weighted by Crippen LogP contribution is 2.13. The fourth-order valence-electron chi connectivity index (χ4n) is 2.27. The van der Waals surface area contributed by atoms with Crippen molar-refractivity contribution in [3.05, 3.63) is 34.3 Å². The minimum atomic E-state index is -0.0561. The number of halogens is 1. The van der Waals surface area contributed by atoms with Crippen LogP contribution in [-0.2, 0) is 16.0 Å². The maximum Gasteiger partial charge on any atom is 0.239 e. The average molecular weight is 339 g/mol. The maximum absolute atomic E-state index is 11.9. The first-order valence-electron chi connectivity index (χ1n) is 6.94. The molecule has 108 valence electrons. The lowest BCUT2D eigenvalue weighted by molar-refractivity contribution is -0.138. The van der Waals surface area contributed by atoms with Crippen molar-refractivity contribution in [3.63, 3.8) is 0 Å². The third kappa shape index (κ3) is 4.63. The number of carbonyl (C=O) groups is 2. The number of aryl methyl sites for hydroxylation is 1. The molecule has 5 heteroatoms. The van der Waals surface area contributed by atoms with Crippen molar-refractivity contribution >= 4 is 27.7 Å². The van der Waals surface area contributed by atoms with Crippen LogP contribution in [0.15, 0.2) is 28.7 Å². The van der Waals surface area contributed by atoms with E-state index in [4.69, 9.17) is 0 Å². The standard InChI is InChI=1S/C15H19BrN2O2/c16-13-7-5-12(6-8-13)3-1-2-4-15(20)18-10-9-17-14(19)11-18/h5-8H,1-4,9-11H2,(H,17,19). The van der Waals surface area contributed by atoms with E-state index in [1.54, 1.807) is 4.90 Å². The molecule has 0 atom stereocenters. The van der Waals surface area contributed by atoms with Crippen molar-refractivity contribution in [3.8, 4) is 0 Å². The third-order valence-electron chi connectivity index (χ3n) is 3.41. The molecule has 2 rings (SSSR count). The topological polar surface area (TPSA) is 49.4 Å².